The van der Waals surface area contributed by atoms with Gasteiger partial charge in [0.25, 0.3) is 0 Å². The molecule has 2 aromatic heterocycles. The van der Waals surface area contributed by atoms with Gasteiger partial charge in [0.2, 0.25) is 5.89 Å². The third-order valence-electron chi connectivity index (χ3n) is 3.28. The van der Waals surface area contributed by atoms with Gasteiger partial charge >= 0.3 is 0 Å². The van der Waals surface area contributed by atoms with E-state index in [-0.39, 0.29) is 11.2 Å². The molecule has 0 aliphatic rings. The summed E-state index contributed by atoms with van der Waals surface area (Å²) in [5, 5.41) is 9.81. The van der Waals surface area contributed by atoms with Gasteiger partial charge in [0.15, 0.2) is 5.58 Å². The third-order valence-corrected chi connectivity index (χ3v) is 3.28. The van der Waals surface area contributed by atoms with Crippen LogP contribution in [-0.4, -0.2) is 15.1 Å². The van der Waals surface area contributed by atoms with Crippen LogP contribution in [0.5, 0.6) is 5.75 Å². The summed E-state index contributed by atoms with van der Waals surface area (Å²) >= 11 is 0. The predicted molar refractivity (Wildman–Crippen MR) is 77.6 cm³/mol. The predicted octanol–water partition coefficient (Wildman–Crippen LogP) is 3.89. The van der Waals surface area contributed by atoms with E-state index in [0.29, 0.717) is 17.0 Å². The molecule has 0 radical (unpaired) electrons. The van der Waals surface area contributed by atoms with Crippen molar-refractivity contribution >= 4 is 11.1 Å². The van der Waals surface area contributed by atoms with Crippen molar-refractivity contribution in [2.75, 3.05) is 0 Å². The molecule has 102 valence electrons. The molecule has 1 N–H and O–H groups in total. The molecule has 0 aliphatic heterocycles. The minimum atomic E-state index is 0.0616. The number of benzene rings is 1. The van der Waals surface area contributed by atoms with Gasteiger partial charge in [-0.25, -0.2) is 4.98 Å². The molecule has 0 atom stereocenters. The van der Waals surface area contributed by atoms with Crippen LogP contribution in [0.4, 0.5) is 0 Å². The quantitative estimate of drug-likeness (QED) is 0.727. The molecule has 0 amide bonds. The van der Waals surface area contributed by atoms with E-state index in [2.05, 4.69) is 30.7 Å². The number of aromatic nitrogens is 2. The fourth-order valence-electron chi connectivity index (χ4n) is 2.08. The fraction of sp³-hybridized carbons (Fsp3) is 0.250. The first-order valence-corrected chi connectivity index (χ1v) is 6.49. The standard InChI is InChI=1S/C16H16N2O2/c1-16(2,3)10-4-5-14-12(8-10)18-15(20-14)11-6-7-17-9-13(11)19/h4-9,19H,1-3H3. The maximum absolute atomic E-state index is 9.81. The van der Waals surface area contributed by atoms with Crippen molar-refractivity contribution in [1.82, 2.24) is 9.97 Å². The van der Waals surface area contributed by atoms with Gasteiger partial charge in [-0.2, -0.15) is 0 Å². The zero-order valence-electron chi connectivity index (χ0n) is 11.7. The fourth-order valence-corrected chi connectivity index (χ4v) is 2.08. The van der Waals surface area contributed by atoms with E-state index in [0.717, 1.165) is 5.52 Å². The van der Waals surface area contributed by atoms with Crippen molar-refractivity contribution in [2.45, 2.75) is 26.2 Å². The van der Waals surface area contributed by atoms with E-state index < -0.39 is 0 Å². The Balaban J connectivity index is 2.14. The number of fused-ring (bicyclic) bond motifs is 1. The Morgan fingerprint density at radius 2 is 1.95 bits per heavy atom. The summed E-state index contributed by atoms with van der Waals surface area (Å²) in [6.45, 7) is 6.47. The van der Waals surface area contributed by atoms with E-state index in [1.54, 1.807) is 12.3 Å². The molecule has 4 nitrogen and oxygen atoms in total. The van der Waals surface area contributed by atoms with Crippen molar-refractivity contribution in [3.63, 3.8) is 0 Å². The Morgan fingerprint density at radius 3 is 2.65 bits per heavy atom. The van der Waals surface area contributed by atoms with Crippen LogP contribution < -0.4 is 0 Å². The van der Waals surface area contributed by atoms with Gasteiger partial charge in [-0.1, -0.05) is 26.8 Å². The smallest absolute Gasteiger partial charge is 0.231 e. The summed E-state index contributed by atoms with van der Waals surface area (Å²) in [5.41, 5.74) is 3.32. The van der Waals surface area contributed by atoms with Crippen LogP contribution in [0.3, 0.4) is 0 Å². The minimum absolute atomic E-state index is 0.0616. The van der Waals surface area contributed by atoms with Crippen LogP contribution in [0, 0.1) is 0 Å². The van der Waals surface area contributed by atoms with Crippen molar-refractivity contribution < 1.29 is 9.52 Å². The number of hydrogen-bond donors (Lipinski definition) is 1. The number of aromatic hydroxyl groups is 1. The highest BCUT2D eigenvalue weighted by Crippen LogP contribution is 2.32. The zero-order chi connectivity index (χ0) is 14.3. The third kappa shape index (κ3) is 2.13. The molecule has 0 aliphatic carbocycles. The van der Waals surface area contributed by atoms with Gasteiger partial charge in [0.1, 0.15) is 11.3 Å². The summed E-state index contributed by atoms with van der Waals surface area (Å²) < 4.78 is 5.70. The lowest BCUT2D eigenvalue weighted by atomic mass is 9.87. The Morgan fingerprint density at radius 1 is 1.15 bits per heavy atom. The number of hydrogen-bond acceptors (Lipinski definition) is 4. The van der Waals surface area contributed by atoms with Crippen LogP contribution in [0.25, 0.3) is 22.6 Å². The number of rotatable bonds is 1. The SMILES string of the molecule is CC(C)(C)c1ccc2oc(-c3ccncc3O)nc2c1. The maximum atomic E-state index is 9.81. The molecule has 0 spiro atoms. The second-order valence-electron chi connectivity index (χ2n) is 5.84. The first-order chi connectivity index (χ1) is 9.45. The molecule has 3 rings (SSSR count). The van der Waals surface area contributed by atoms with Crippen LogP contribution in [0.15, 0.2) is 41.1 Å². The van der Waals surface area contributed by atoms with Crippen molar-refractivity contribution in [1.29, 1.82) is 0 Å². The molecular formula is C16H16N2O2. The summed E-state index contributed by atoms with van der Waals surface area (Å²) in [5.74, 6) is 0.473. The van der Waals surface area contributed by atoms with E-state index in [9.17, 15) is 5.11 Å². The molecule has 2 heterocycles. The first kappa shape index (κ1) is 12.7. The molecule has 0 saturated heterocycles. The van der Waals surface area contributed by atoms with Gasteiger partial charge < -0.3 is 9.52 Å². The highest BCUT2D eigenvalue weighted by Gasteiger charge is 2.17. The van der Waals surface area contributed by atoms with Crippen LogP contribution in [0.2, 0.25) is 0 Å². The molecular weight excluding hydrogens is 252 g/mol. The lowest BCUT2D eigenvalue weighted by molar-refractivity contribution is 0.471. The van der Waals surface area contributed by atoms with Gasteiger partial charge in [-0.05, 0) is 29.2 Å². The first-order valence-electron chi connectivity index (χ1n) is 6.49. The molecule has 3 aromatic rings. The highest BCUT2D eigenvalue weighted by molar-refractivity contribution is 5.78. The van der Waals surface area contributed by atoms with Crippen molar-refractivity contribution in [2.24, 2.45) is 0 Å². The van der Waals surface area contributed by atoms with Crippen LogP contribution in [-0.2, 0) is 5.41 Å². The van der Waals surface area contributed by atoms with Crippen LogP contribution >= 0.6 is 0 Å². The molecule has 1 aromatic carbocycles. The number of nitrogens with zero attached hydrogens (tertiary/aromatic N) is 2. The topological polar surface area (TPSA) is 59.2 Å². The van der Waals surface area contributed by atoms with Gasteiger partial charge in [-0.3, -0.25) is 4.98 Å². The van der Waals surface area contributed by atoms with E-state index in [1.807, 2.05) is 18.2 Å². The highest BCUT2D eigenvalue weighted by atomic mass is 16.3. The summed E-state index contributed by atoms with van der Waals surface area (Å²) in [6.07, 6.45) is 2.98. The Kier molecular flexibility index (Phi) is 2.74. The van der Waals surface area contributed by atoms with Gasteiger partial charge in [0.05, 0.1) is 11.8 Å². The maximum Gasteiger partial charge on any atom is 0.231 e. The molecule has 0 saturated carbocycles. The van der Waals surface area contributed by atoms with E-state index in [1.165, 1.54) is 11.8 Å². The zero-order valence-corrected chi connectivity index (χ0v) is 11.7. The minimum Gasteiger partial charge on any atom is -0.505 e. The monoisotopic (exact) mass is 268 g/mol. The van der Waals surface area contributed by atoms with Crippen LogP contribution in [0.1, 0.15) is 26.3 Å². The molecule has 4 heteroatoms. The van der Waals surface area contributed by atoms with Gasteiger partial charge in [-0.15, -0.1) is 0 Å². The second kappa shape index (κ2) is 4.34. The van der Waals surface area contributed by atoms with Crippen molar-refractivity contribution in [3.8, 4) is 17.2 Å². The average molecular weight is 268 g/mol. The molecule has 0 unspecified atom stereocenters. The van der Waals surface area contributed by atoms with Gasteiger partial charge in [0, 0.05) is 6.20 Å². The Bertz CT molecular complexity index is 769. The Hall–Kier alpha value is -2.36. The van der Waals surface area contributed by atoms with Crippen molar-refractivity contribution in [3.05, 3.63) is 42.2 Å². The summed E-state index contributed by atoms with van der Waals surface area (Å²) in [7, 11) is 0. The average Bonchev–Trinajstić information content (AvgIpc) is 2.80. The lowest BCUT2D eigenvalue weighted by Gasteiger charge is -2.18. The molecule has 0 bridgehead atoms. The Labute approximate surface area is 117 Å². The molecule has 0 fully saturated rings. The normalized spacial score (nSPS) is 11.9. The van der Waals surface area contributed by atoms with E-state index >= 15 is 0 Å². The lowest BCUT2D eigenvalue weighted by Crippen LogP contribution is -2.10. The van der Waals surface area contributed by atoms with E-state index in [4.69, 9.17) is 4.42 Å². The number of pyridine rings is 1. The summed E-state index contributed by atoms with van der Waals surface area (Å²) in [4.78, 5) is 8.31. The second-order valence-corrected chi connectivity index (χ2v) is 5.84. The largest absolute Gasteiger partial charge is 0.505 e. The number of oxazole rings is 1. The summed E-state index contributed by atoms with van der Waals surface area (Å²) in [6, 6.07) is 7.68. The molecule has 20 heavy (non-hydrogen) atoms.